The molecule has 8 nitrogen and oxygen atoms in total. The Labute approximate surface area is 169 Å². The van der Waals surface area contributed by atoms with Crippen molar-refractivity contribution < 1.29 is 18.8 Å². The Bertz CT molecular complexity index is 1030. The number of anilines is 1. The van der Waals surface area contributed by atoms with Gasteiger partial charge in [-0.25, -0.2) is 9.37 Å². The summed E-state index contributed by atoms with van der Waals surface area (Å²) in [6.07, 6.45) is 4.65. The number of aromatic nitrogens is 2. The summed E-state index contributed by atoms with van der Waals surface area (Å²) in [5.74, 6) is -0.0777. The Balaban J connectivity index is 1.55. The zero-order chi connectivity index (χ0) is 20.8. The third-order valence-electron chi connectivity index (χ3n) is 3.96. The molecule has 150 valence electrons. The second-order valence-electron chi connectivity index (χ2n) is 5.94. The van der Waals surface area contributed by atoms with E-state index in [9.17, 15) is 19.3 Å². The topological polar surface area (TPSA) is 99.3 Å². The van der Waals surface area contributed by atoms with E-state index in [2.05, 4.69) is 10.3 Å². The number of halogens is 1. The first-order valence-electron chi connectivity index (χ1n) is 8.44. The van der Waals surface area contributed by atoms with Crippen LogP contribution in [0, 0.1) is 15.9 Å². The molecule has 0 bridgehead atoms. The number of nitrogens with zero attached hydrogens (tertiary/aromatic N) is 3. The Morgan fingerprint density at radius 2 is 2.17 bits per heavy atom. The molecule has 0 aliphatic rings. The quantitative estimate of drug-likeness (QED) is 0.443. The van der Waals surface area contributed by atoms with E-state index in [1.807, 2.05) is 0 Å². The molecule has 0 atom stereocenters. The Morgan fingerprint density at radius 3 is 2.83 bits per heavy atom. The van der Waals surface area contributed by atoms with Crippen LogP contribution in [0.5, 0.6) is 5.75 Å². The van der Waals surface area contributed by atoms with E-state index in [-0.39, 0.29) is 23.1 Å². The third kappa shape index (κ3) is 5.11. The molecule has 1 amide bonds. The van der Waals surface area contributed by atoms with Gasteiger partial charge in [-0.3, -0.25) is 14.9 Å². The summed E-state index contributed by atoms with van der Waals surface area (Å²) in [6.45, 7) is 0. The number of nitro benzene ring substituents is 1. The maximum Gasteiger partial charge on any atom is 0.311 e. The number of nitrogens with one attached hydrogen (secondary N) is 1. The summed E-state index contributed by atoms with van der Waals surface area (Å²) < 4.78 is 20.7. The van der Waals surface area contributed by atoms with Crippen LogP contribution in [0.3, 0.4) is 0 Å². The van der Waals surface area contributed by atoms with E-state index in [4.69, 9.17) is 4.74 Å². The molecule has 29 heavy (non-hydrogen) atoms. The van der Waals surface area contributed by atoms with Crippen molar-refractivity contribution in [2.45, 2.75) is 5.75 Å². The highest BCUT2D eigenvalue weighted by molar-refractivity contribution is 7.99. The molecule has 0 aliphatic carbocycles. The molecule has 0 saturated carbocycles. The lowest BCUT2D eigenvalue weighted by atomic mass is 10.2. The van der Waals surface area contributed by atoms with Crippen LogP contribution in [0.4, 0.5) is 15.8 Å². The molecule has 1 heterocycles. The standard InChI is InChI=1S/C19H17FN4O4S/c1-28-18-5-2-13(8-17(18)24(26)27)10-29-11-19(25)22-14-3-4-16(15(20)9-14)23-7-6-21-12-23/h2-9,12H,10-11H2,1H3,(H,22,25). The van der Waals surface area contributed by atoms with E-state index >= 15 is 0 Å². The largest absolute Gasteiger partial charge is 0.490 e. The summed E-state index contributed by atoms with van der Waals surface area (Å²) in [6, 6.07) is 9.06. The third-order valence-corrected chi connectivity index (χ3v) is 4.96. The van der Waals surface area contributed by atoms with Crippen molar-refractivity contribution in [3.63, 3.8) is 0 Å². The van der Waals surface area contributed by atoms with E-state index in [1.54, 1.807) is 30.6 Å². The van der Waals surface area contributed by atoms with Crippen molar-refractivity contribution in [1.82, 2.24) is 9.55 Å². The Hall–Kier alpha value is -3.40. The lowest BCUT2D eigenvalue weighted by Gasteiger charge is -2.09. The summed E-state index contributed by atoms with van der Waals surface area (Å²) in [4.78, 5) is 26.5. The second kappa shape index (κ2) is 9.20. The average Bonchev–Trinajstić information content (AvgIpc) is 3.22. The number of nitro groups is 1. The van der Waals surface area contributed by atoms with Gasteiger partial charge in [0.25, 0.3) is 0 Å². The highest BCUT2D eigenvalue weighted by Gasteiger charge is 2.15. The van der Waals surface area contributed by atoms with Gasteiger partial charge >= 0.3 is 5.69 Å². The monoisotopic (exact) mass is 416 g/mol. The van der Waals surface area contributed by atoms with Gasteiger partial charge in [-0.15, -0.1) is 11.8 Å². The molecule has 3 rings (SSSR count). The summed E-state index contributed by atoms with van der Waals surface area (Å²) in [5.41, 5.74) is 1.25. The van der Waals surface area contributed by atoms with Gasteiger partial charge in [-0.1, -0.05) is 6.07 Å². The fourth-order valence-corrected chi connectivity index (χ4v) is 3.40. The van der Waals surface area contributed by atoms with Crippen molar-refractivity contribution in [2.24, 2.45) is 0 Å². The smallest absolute Gasteiger partial charge is 0.311 e. The van der Waals surface area contributed by atoms with Gasteiger partial charge in [0, 0.05) is 29.9 Å². The molecule has 1 N–H and O–H groups in total. The van der Waals surface area contributed by atoms with Gasteiger partial charge < -0.3 is 14.6 Å². The van der Waals surface area contributed by atoms with Crippen molar-refractivity contribution in [1.29, 1.82) is 0 Å². The fourth-order valence-electron chi connectivity index (χ4n) is 2.62. The number of hydrogen-bond donors (Lipinski definition) is 1. The number of rotatable bonds is 8. The highest BCUT2D eigenvalue weighted by atomic mass is 32.2. The lowest BCUT2D eigenvalue weighted by Crippen LogP contribution is -2.14. The first kappa shape index (κ1) is 20.3. The van der Waals surface area contributed by atoms with Crippen LogP contribution in [0.15, 0.2) is 55.1 Å². The van der Waals surface area contributed by atoms with Gasteiger partial charge in [0.1, 0.15) is 5.82 Å². The maximum atomic E-state index is 14.2. The molecule has 0 unspecified atom stereocenters. The first-order valence-corrected chi connectivity index (χ1v) is 9.60. The maximum absolute atomic E-state index is 14.2. The number of benzene rings is 2. The number of carbonyl (C=O) groups excluding carboxylic acids is 1. The first-order chi connectivity index (χ1) is 14.0. The minimum atomic E-state index is -0.512. The lowest BCUT2D eigenvalue weighted by molar-refractivity contribution is -0.385. The molecule has 0 spiro atoms. The molecular weight excluding hydrogens is 399 g/mol. The van der Waals surface area contributed by atoms with Crippen molar-refractivity contribution >= 4 is 29.0 Å². The number of amides is 1. The zero-order valence-electron chi connectivity index (χ0n) is 15.4. The molecule has 0 aliphatic heterocycles. The van der Waals surface area contributed by atoms with Crippen molar-refractivity contribution in [3.8, 4) is 11.4 Å². The van der Waals surface area contributed by atoms with Gasteiger partial charge in [-0.2, -0.15) is 0 Å². The molecule has 3 aromatic rings. The fraction of sp³-hybridized carbons (Fsp3) is 0.158. The van der Waals surface area contributed by atoms with Crippen LogP contribution < -0.4 is 10.1 Å². The predicted octanol–water partition coefficient (Wildman–Crippen LogP) is 3.80. The predicted molar refractivity (Wildman–Crippen MR) is 108 cm³/mol. The van der Waals surface area contributed by atoms with E-state index < -0.39 is 10.7 Å². The average molecular weight is 416 g/mol. The molecule has 0 fully saturated rings. The normalized spacial score (nSPS) is 10.6. The van der Waals surface area contributed by atoms with Crippen LogP contribution in [0.2, 0.25) is 0 Å². The number of ether oxygens (including phenoxy) is 1. The SMILES string of the molecule is COc1ccc(CSCC(=O)Nc2ccc(-n3ccnc3)c(F)c2)cc1[N+](=O)[O-]. The van der Waals surface area contributed by atoms with Gasteiger partial charge in [0.15, 0.2) is 5.75 Å². The summed E-state index contributed by atoms with van der Waals surface area (Å²) >= 11 is 1.29. The number of carbonyl (C=O) groups is 1. The zero-order valence-corrected chi connectivity index (χ0v) is 16.2. The molecule has 10 heteroatoms. The summed E-state index contributed by atoms with van der Waals surface area (Å²) in [7, 11) is 1.37. The molecule has 2 aromatic carbocycles. The van der Waals surface area contributed by atoms with Crippen LogP contribution in [0.25, 0.3) is 5.69 Å². The Kier molecular flexibility index (Phi) is 6.45. The van der Waals surface area contributed by atoms with Gasteiger partial charge in [0.05, 0.1) is 29.8 Å². The van der Waals surface area contributed by atoms with Gasteiger partial charge in [0.2, 0.25) is 5.91 Å². The number of methoxy groups -OCH3 is 1. The van der Waals surface area contributed by atoms with Crippen LogP contribution >= 0.6 is 11.8 Å². The minimum absolute atomic E-state index is 0.116. The number of hydrogen-bond acceptors (Lipinski definition) is 6. The van der Waals surface area contributed by atoms with Crippen LogP contribution in [-0.2, 0) is 10.5 Å². The van der Waals surface area contributed by atoms with Crippen LogP contribution in [-0.4, -0.2) is 33.2 Å². The summed E-state index contributed by atoms with van der Waals surface area (Å²) in [5, 5.41) is 13.7. The number of imidazole rings is 1. The Morgan fingerprint density at radius 1 is 1.34 bits per heavy atom. The van der Waals surface area contributed by atoms with E-state index in [0.717, 1.165) is 0 Å². The van der Waals surface area contributed by atoms with Crippen LogP contribution in [0.1, 0.15) is 5.56 Å². The highest BCUT2D eigenvalue weighted by Crippen LogP contribution is 2.29. The van der Waals surface area contributed by atoms with E-state index in [0.29, 0.717) is 22.7 Å². The van der Waals surface area contributed by atoms with Crippen molar-refractivity contribution in [2.75, 3.05) is 18.2 Å². The molecule has 1 aromatic heterocycles. The minimum Gasteiger partial charge on any atom is -0.490 e. The second-order valence-corrected chi connectivity index (χ2v) is 6.93. The molecular formula is C19H17FN4O4S. The van der Waals surface area contributed by atoms with Gasteiger partial charge in [-0.05, 0) is 29.8 Å². The number of thioether (sulfide) groups is 1. The molecule has 0 radical (unpaired) electrons. The molecule has 0 saturated heterocycles. The van der Waals surface area contributed by atoms with E-state index in [1.165, 1.54) is 48.0 Å². The van der Waals surface area contributed by atoms with Crippen molar-refractivity contribution in [3.05, 3.63) is 76.6 Å².